The van der Waals surface area contributed by atoms with Crippen molar-refractivity contribution < 1.29 is 0 Å². The van der Waals surface area contributed by atoms with Crippen molar-refractivity contribution in [2.45, 2.75) is 67.7 Å². The Labute approximate surface area is 104 Å². The Morgan fingerprint density at radius 1 is 1.00 bits per heavy atom. The Morgan fingerprint density at radius 3 is 1.69 bits per heavy atom. The van der Waals surface area contributed by atoms with Gasteiger partial charge >= 0.3 is 0 Å². The quantitative estimate of drug-likeness (QED) is 0.487. The Hall–Kier alpha value is -0.260. The highest BCUT2D eigenvalue weighted by molar-refractivity contribution is 4.97. The van der Waals surface area contributed by atoms with E-state index >= 15 is 0 Å². The van der Waals surface area contributed by atoms with Crippen molar-refractivity contribution in [3.63, 3.8) is 0 Å². The van der Waals surface area contributed by atoms with E-state index in [0.29, 0.717) is 22.7 Å². The molecule has 0 saturated carbocycles. The first-order valence-electron chi connectivity index (χ1n) is 6.91. The molecule has 0 fully saturated rings. The van der Waals surface area contributed by atoms with Crippen LogP contribution in [0.4, 0.5) is 0 Å². The van der Waals surface area contributed by atoms with Gasteiger partial charge in [0.15, 0.2) is 0 Å². The zero-order valence-electron chi connectivity index (χ0n) is 12.6. The van der Waals surface area contributed by atoms with E-state index in [1.54, 1.807) is 0 Å². The predicted octanol–water partition coefficient (Wildman–Crippen LogP) is 5.69. The zero-order valence-corrected chi connectivity index (χ0v) is 12.6. The second-order valence-electron chi connectivity index (χ2n) is 6.25. The molecule has 0 saturated heterocycles. The highest BCUT2D eigenvalue weighted by Gasteiger charge is 2.38. The van der Waals surface area contributed by atoms with Gasteiger partial charge in [0.1, 0.15) is 0 Å². The molecule has 0 rings (SSSR count). The lowest BCUT2D eigenvalue weighted by Crippen LogP contribution is -2.36. The van der Waals surface area contributed by atoms with Gasteiger partial charge in [-0.05, 0) is 22.7 Å². The van der Waals surface area contributed by atoms with Crippen molar-refractivity contribution in [3.8, 4) is 0 Å². The van der Waals surface area contributed by atoms with E-state index in [2.05, 4.69) is 61.1 Å². The van der Waals surface area contributed by atoms with E-state index in [4.69, 9.17) is 0 Å². The smallest absolute Gasteiger partial charge is 0.0154 e. The van der Waals surface area contributed by atoms with Gasteiger partial charge < -0.3 is 0 Å². The topological polar surface area (TPSA) is 0 Å². The van der Waals surface area contributed by atoms with Gasteiger partial charge in [-0.2, -0.15) is 0 Å². The number of allylic oxidation sites excluding steroid dienone is 1. The van der Waals surface area contributed by atoms with Crippen LogP contribution in [0.2, 0.25) is 0 Å². The normalized spacial score (nSPS) is 16.9. The van der Waals surface area contributed by atoms with Crippen LogP contribution < -0.4 is 0 Å². The van der Waals surface area contributed by atoms with Gasteiger partial charge in [-0.3, -0.25) is 0 Å². The minimum Gasteiger partial charge on any atom is -0.103 e. The fourth-order valence-corrected chi connectivity index (χ4v) is 2.76. The summed E-state index contributed by atoms with van der Waals surface area (Å²) in [6.07, 6.45) is 5.93. The average Bonchev–Trinajstić information content (AvgIpc) is 2.28. The highest BCUT2D eigenvalue weighted by Crippen LogP contribution is 2.46. The lowest BCUT2D eigenvalue weighted by molar-refractivity contribution is 0.0729. The molecule has 16 heavy (non-hydrogen) atoms. The number of rotatable bonds is 7. The molecule has 0 bridgehead atoms. The van der Waals surface area contributed by atoms with E-state index in [1.807, 2.05) is 0 Å². The van der Waals surface area contributed by atoms with E-state index in [1.165, 1.54) is 19.3 Å². The summed E-state index contributed by atoms with van der Waals surface area (Å²) in [4.78, 5) is 0. The Bertz CT molecular complexity index is 208. The molecule has 0 aromatic rings. The molecule has 0 aromatic heterocycles. The molecular formula is C16H32. The molecule has 0 amide bonds. The van der Waals surface area contributed by atoms with Gasteiger partial charge in [0.2, 0.25) is 0 Å². The van der Waals surface area contributed by atoms with Crippen LogP contribution >= 0.6 is 0 Å². The fourth-order valence-electron chi connectivity index (χ4n) is 2.76. The third kappa shape index (κ3) is 3.12. The predicted molar refractivity (Wildman–Crippen MR) is 75.6 cm³/mol. The molecule has 0 aliphatic rings. The van der Waals surface area contributed by atoms with Gasteiger partial charge in [0, 0.05) is 0 Å². The van der Waals surface area contributed by atoms with Crippen LogP contribution in [0, 0.1) is 22.7 Å². The van der Waals surface area contributed by atoms with Crippen molar-refractivity contribution in [2.24, 2.45) is 22.7 Å². The monoisotopic (exact) mass is 224 g/mol. The van der Waals surface area contributed by atoms with Crippen LogP contribution in [0.3, 0.4) is 0 Å². The van der Waals surface area contributed by atoms with Crippen molar-refractivity contribution in [3.05, 3.63) is 12.7 Å². The lowest BCUT2D eigenvalue weighted by Gasteiger charge is -2.44. The fraction of sp³-hybridized carbons (Fsp3) is 0.875. The van der Waals surface area contributed by atoms with Gasteiger partial charge in [-0.15, -0.1) is 6.58 Å². The summed E-state index contributed by atoms with van der Waals surface area (Å²) in [6, 6.07) is 0. The van der Waals surface area contributed by atoms with Gasteiger partial charge in [0.05, 0.1) is 0 Å². The summed E-state index contributed by atoms with van der Waals surface area (Å²) in [7, 11) is 0. The highest BCUT2D eigenvalue weighted by atomic mass is 14.4. The average molecular weight is 224 g/mol. The van der Waals surface area contributed by atoms with E-state index in [0.717, 1.165) is 0 Å². The Balaban J connectivity index is 5.05. The molecule has 0 aliphatic carbocycles. The van der Waals surface area contributed by atoms with Crippen molar-refractivity contribution >= 4 is 0 Å². The van der Waals surface area contributed by atoms with E-state index < -0.39 is 0 Å². The summed E-state index contributed by atoms with van der Waals surface area (Å²) in [6.45, 7) is 20.6. The maximum atomic E-state index is 4.08. The molecule has 0 heterocycles. The standard InChI is InChI=1S/C16H32/c1-9-14(15(6,7)10-2)13(5)16(8,11-3)12-4/h9,13-14H,1,10-12H2,2-8H3. The zero-order chi connectivity index (χ0) is 13.0. The van der Waals surface area contributed by atoms with Gasteiger partial charge in [0.25, 0.3) is 0 Å². The third-order valence-electron chi connectivity index (χ3n) is 5.32. The van der Waals surface area contributed by atoms with Crippen LogP contribution in [-0.4, -0.2) is 0 Å². The first-order chi connectivity index (χ1) is 7.29. The molecule has 0 aliphatic heterocycles. The third-order valence-corrected chi connectivity index (χ3v) is 5.32. The molecule has 0 heteroatoms. The second kappa shape index (κ2) is 5.89. The van der Waals surface area contributed by atoms with E-state index in [9.17, 15) is 0 Å². The van der Waals surface area contributed by atoms with Gasteiger partial charge in [-0.1, -0.05) is 73.8 Å². The summed E-state index contributed by atoms with van der Waals surface area (Å²) >= 11 is 0. The first-order valence-corrected chi connectivity index (χ1v) is 6.91. The Kier molecular flexibility index (Phi) is 5.79. The summed E-state index contributed by atoms with van der Waals surface area (Å²) in [5.41, 5.74) is 0.818. The largest absolute Gasteiger partial charge is 0.103 e. The SMILES string of the molecule is C=CC(C(C)C(C)(CC)CC)C(C)(C)CC. The van der Waals surface area contributed by atoms with Crippen molar-refractivity contribution in [1.82, 2.24) is 0 Å². The summed E-state index contributed by atoms with van der Waals surface area (Å²) in [5.74, 6) is 1.32. The minimum absolute atomic E-state index is 0.368. The molecular weight excluding hydrogens is 192 g/mol. The first kappa shape index (κ1) is 15.7. The molecule has 0 aromatic carbocycles. The van der Waals surface area contributed by atoms with Crippen LogP contribution in [0.15, 0.2) is 12.7 Å². The number of hydrogen-bond donors (Lipinski definition) is 0. The molecule has 0 N–H and O–H groups in total. The van der Waals surface area contributed by atoms with Crippen molar-refractivity contribution in [2.75, 3.05) is 0 Å². The van der Waals surface area contributed by atoms with E-state index in [-0.39, 0.29) is 0 Å². The molecule has 96 valence electrons. The molecule has 2 unspecified atom stereocenters. The molecule has 2 atom stereocenters. The minimum atomic E-state index is 0.368. The maximum absolute atomic E-state index is 4.08. The van der Waals surface area contributed by atoms with Crippen LogP contribution in [-0.2, 0) is 0 Å². The van der Waals surface area contributed by atoms with Crippen molar-refractivity contribution in [1.29, 1.82) is 0 Å². The second-order valence-corrected chi connectivity index (χ2v) is 6.25. The van der Waals surface area contributed by atoms with Crippen LogP contribution in [0.25, 0.3) is 0 Å². The Morgan fingerprint density at radius 2 is 1.44 bits per heavy atom. The molecule has 0 radical (unpaired) electrons. The summed E-state index contributed by atoms with van der Waals surface area (Å²) < 4.78 is 0. The summed E-state index contributed by atoms with van der Waals surface area (Å²) in [5, 5.41) is 0. The van der Waals surface area contributed by atoms with Crippen LogP contribution in [0.5, 0.6) is 0 Å². The lowest BCUT2D eigenvalue weighted by atomic mass is 9.61. The van der Waals surface area contributed by atoms with Gasteiger partial charge in [-0.25, -0.2) is 0 Å². The molecule has 0 nitrogen and oxygen atoms in total. The van der Waals surface area contributed by atoms with Crippen LogP contribution in [0.1, 0.15) is 67.7 Å². The molecule has 0 spiro atoms. The maximum Gasteiger partial charge on any atom is -0.0154 e. The number of hydrogen-bond acceptors (Lipinski definition) is 0.